The number of nitrogens with zero attached hydrogens (tertiary/aromatic N) is 1. The molecule has 17 heavy (non-hydrogen) atoms. The molecule has 3 nitrogen and oxygen atoms in total. The molecule has 0 amide bonds. The van der Waals surface area contributed by atoms with Gasteiger partial charge in [0.25, 0.3) is 0 Å². The Bertz CT molecular complexity index is 311. The first kappa shape index (κ1) is 14.1. The molecule has 3 heteroatoms. The summed E-state index contributed by atoms with van der Waals surface area (Å²) >= 11 is 0. The molecule has 0 spiro atoms. The topological polar surface area (TPSA) is 50.9 Å². The smallest absolute Gasteiger partial charge is 0.0404 e. The minimum atomic E-state index is 0.0458. The highest BCUT2D eigenvalue weighted by atomic mass is 15.0. The van der Waals surface area contributed by atoms with Crippen molar-refractivity contribution in [1.29, 1.82) is 0 Å². The molecule has 0 aliphatic heterocycles. The van der Waals surface area contributed by atoms with E-state index in [0.717, 1.165) is 25.1 Å². The SMILES string of the molecule is CC(C)C(C)(CN)NCCCc1ccccn1. The van der Waals surface area contributed by atoms with Crippen LogP contribution in [0.15, 0.2) is 24.4 Å². The Kier molecular flexibility index (Phi) is 5.59. The molecule has 1 atom stereocenters. The van der Waals surface area contributed by atoms with Crippen LogP contribution in [0.2, 0.25) is 0 Å². The molecule has 96 valence electrons. The molecule has 0 saturated carbocycles. The summed E-state index contributed by atoms with van der Waals surface area (Å²) in [6.45, 7) is 8.27. The lowest BCUT2D eigenvalue weighted by atomic mass is 9.88. The molecule has 0 fully saturated rings. The summed E-state index contributed by atoms with van der Waals surface area (Å²) in [5, 5.41) is 3.56. The third kappa shape index (κ3) is 4.44. The van der Waals surface area contributed by atoms with Gasteiger partial charge in [0, 0.05) is 24.0 Å². The monoisotopic (exact) mass is 235 g/mol. The van der Waals surface area contributed by atoms with Gasteiger partial charge in [-0.05, 0) is 44.4 Å². The van der Waals surface area contributed by atoms with Gasteiger partial charge in [-0.2, -0.15) is 0 Å². The number of hydrogen-bond acceptors (Lipinski definition) is 3. The molecule has 0 saturated heterocycles. The van der Waals surface area contributed by atoms with Crippen LogP contribution in [0.5, 0.6) is 0 Å². The fourth-order valence-corrected chi connectivity index (χ4v) is 1.70. The van der Waals surface area contributed by atoms with Gasteiger partial charge in [-0.25, -0.2) is 0 Å². The van der Waals surface area contributed by atoms with Crippen molar-refractivity contribution >= 4 is 0 Å². The number of nitrogens with one attached hydrogen (secondary N) is 1. The Hall–Kier alpha value is -0.930. The van der Waals surface area contributed by atoms with Crippen molar-refractivity contribution in [2.45, 2.75) is 39.2 Å². The van der Waals surface area contributed by atoms with Gasteiger partial charge >= 0.3 is 0 Å². The van der Waals surface area contributed by atoms with Crippen molar-refractivity contribution < 1.29 is 0 Å². The minimum Gasteiger partial charge on any atom is -0.329 e. The van der Waals surface area contributed by atoms with Crippen LogP contribution >= 0.6 is 0 Å². The van der Waals surface area contributed by atoms with E-state index in [2.05, 4.69) is 37.1 Å². The predicted octanol–water partition coefficient (Wildman–Crippen LogP) is 1.98. The molecule has 0 aromatic carbocycles. The second-order valence-electron chi connectivity index (χ2n) is 5.13. The highest BCUT2D eigenvalue weighted by molar-refractivity contribution is 5.03. The van der Waals surface area contributed by atoms with Crippen molar-refractivity contribution in [1.82, 2.24) is 10.3 Å². The molecule has 0 aliphatic rings. The lowest BCUT2D eigenvalue weighted by molar-refractivity contribution is 0.269. The predicted molar refractivity (Wildman–Crippen MR) is 72.9 cm³/mol. The minimum absolute atomic E-state index is 0.0458. The van der Waals surface area contributed by atoms with Crippen molar-refractivity contribution in [2.75, 3.05) is 13.1 Å². The van der Waals surface area contributed by atoms with Gasteiger partial charge < -0.3 is 11.1 Å². The lowest BCUT2D eigenvalue weighted by Gasteiger charge is -2.33. The maximum atomic E-state index is 5.83. The highest BCUT2D eigenvalue weighted by Crippen LogP contribution is 2.14. The van der Waals surface area contributed by atoms with E-state index in [0.29, 0.717) is 12.5 Å². The van der Waals surface area contributed by atoms with Crippen LogP contribution in [0.4, 0.5) is 0 Å². The van der Waals surface area contributed by atoms with Gasteiger partial charge in [-0.3, -0.25) is 4.98 Å². The molecule has 0 aliphatic carbocycles. The zero-order valence-electron chi connectivity index (χ0n) is 11.2. The van der Waals surface area contributed by atoms with E-state index in [1.807, 2.05) is 18.3 Å². The van der Waals surface area contributed by atoms with E-state index in [9.17, 15) is 0 Å². The molecule has 1 unspecified atom stereocenters. The van der Waals surface area contributed by atoms with E-state index < -0.39 is 0 Å². The van der Waals surface area contributed by atoms with Gasteiger partial charge in [0.2, 0.25) is 0 Å². The number of hydrogen-bond donors (Lipinski definition) is 2. The molecule has 0 radical (unpaired) electrons. The second-order valence-corrected chi connectivity index (χ2v) is 5.13. The van der Waals surface area contributed by atoms with Crippen LogP contribution < -0.4 is 11.1 Å². The summed E-state index contributed by atoms with van der Waals surface area (Å²) < 4.78 is 0. The summed E-state index contributed by atoms with van der Waals surface area (Å²) in [4.78, 5) is 4.32. The van der Waals surface area contributed by atoms with Crippen LogP contribution in [-0.4, -0.2) is 23.6 Å². The second kappa shape index (κ2) is 6.72. The van der Waals surface area contributed by atoms with E-state index in [1.165, 1.54) is 0 Å². The van der Waals surface area contributed by atoms with Crippen LogP contribution in [0.1, 0.15) is 32.9 Å². The third-order valence-electron chi connectivity index (χ3n) is 3.56. The lowest BCUT2D eigenvalue weighted by Crippen LogP contribution is -2.53. The van der Waals surface area contributed by atoms with Crippen molar-refractivity contribution in [3.8, 4) is 0 Å². The maximum absolute atomic E-state index is 5.83. The number of nitrogens with two attached hydrogens (primary N) is 1. The Labute approximate surface area is 105 Å². The Balaban J connectivity index is 2.28. The van der Waals surface area contributed by atoms with E-state index >= 15 is 0 Å². The third-order valence-corrected chi connectivity index (χ3v) is 3.56. The van der Waals surface area contributed by atoms with Gasteiger partial charge in [0.1, 0.15) is 0 Å². The van der Waals surface area contributed by atoms with Crippen molar-refractivity contribution in [3.05, 3.63) is 30.1 Å². The van der Waals surface area contributed by atoms with Crippen LogP contribution in [-0.2, 0) is 6.42 Å². The average molecular weight is 235 g/mol. The molecule has 1 heterocycles. The van der Waals surface area contributed by atoms with E-state index in [4.69, 9.17) is 5.73 Å². The summed E-state index contributed by atoms with van der Waals surface area (Å²) in [6, 6.07) is 6.06. The molecule has 3 N–H and O–H groups in total. The maximum Gasteiger partial charge on any atom is 0.0404 e. The Morgan fingerprint density at radius 2 is 2.18 bits per heavy atom. The largest absolute Gasteiger partial charge is 0.329 e. The molecular formula is C14H25N3. The first-order chi connectivity index (χ1) is 8.08. The van der Waals surface area contributed by atoms with Crippen LogP contribution in [0.25, 0.3) is 0 Å². The zero-order valence-corrected chi connectivity index (χ0v) is 11.2. The number of aromatic nitrogens is 1. The fourth-order valence-electron chi connectivity index (χ4n) is 1.70. The van der Waals surface area contributed by atoms with Crippen molar-refractivity contribution in [2.24, 2.45) is 11.7 Å². The van der Waals surface area contributed by atoms with E-state index in [1.54, 1.807) is 0 Å². The standard InChI is InChI=1S/C14H25N3/c1-12(2)14(3,11-15)17-10-6-8-13-7-4-5-9-16-13/h4-5,7,9,12,17H,6,8,10-11,15H2,1-3H3. The van der Waals surface area contributed by atoms with Crippen molar-refractivity contribution in [3.63, 3.8) is 0 Å². The Morgan fingerprint density at radius 1 is 1.41 bits per heavy atom. The average Bonchev–Trinajstić information content (AvgIpc) is 2.35. The van der Waals surface area contributed by atoms with Crippen LogP contribution in [0, 0.1) is 5.92 Å². The van der Waals surface area contributed by atoms with Crippen LogP contribution in [0.3, 0.4) is 0 Å². The molecule has 0 bridgehead atoms. The quantitative estimate of drug-likeness (QED) is 0.711. The van der Waals surface area contributed by atoms with Gasteiger partial charge in [0.15, 0.2) is 0 Å². The first-order valence-electron chi connectivity index (χ1n) is 6.43. The summed E-state index contributed by atoms with van der Waals surface area (Å²) in [7, 11) is 0. The normalized spacial score (nSPS) is 14.9. The van der Waals surface area contributed by atoms with Gasteiger partial charge in [0.05, 0.1) is 0 Å². The number of rotatable bonds is 7. The summed E-state index contributed by atoms with van der Waals surface area (Å²) in [5.41, 5.74) is 7.03. The molecule has 1 rings (SSSR count). The molecule has 1 aromatic rings. The first-order valence-corrected chi connectivity index (χ1v) is 6.43. The van der Waals surface area contributed by atoms with E-state index in [-0.39, 0.29) is 5.54 Å². The number of aryl methyl sites for hydroxylation is 1. The number of pyridine rings is 1. The Morgan fingerprint density at radius 3 is 2.71 bits per heavy atom. The molecular weight excluding hydrogens is 210 g/mol. The summed E-state index contributed by atoms with van der Waals surface area (Å²) in [6.07, 6.45) is 3.97. The van der Waals surface area contributed by atoms with Gasteiger partial charge in [-0.15, -0.1) is 0 Å². The summed E-state index contributed by atoms with van der Waals surface area (Å²) in [5.74, 6) is 0.544. The van der Waals surface area contributed by atoms with Gasteiger partial charge in [-0.1, -0.05) is 19.9 Å². The fraction of sp³-hybridized carbons (Fsp3) is 0.643. The highest BCUT2D eigenvalue weighted by Gasteiger charge is 2.25. The zero-order chi connectivity index (χ0) is 12.7. The molecule has 1 aromatic heterocycles.